The number of hydrogen-bond donors (Lipinski definition) is 1. The number of rotatable bonds is 8. The van der Waals surface area contributed by atoms with Crippen LogP contribution in [0.4, 0.5) is 0 Å². The fourth-order valence-electron chi connectivity index (χ4n) is 4.12. The molecule has 0 saturated carbocycles. The van der Waals surface area contributed by atoms with Crippen LogP contribution in [0.2, 0.25) is 0 Å². The minimum Gasteiger partial charge on any atom is -0.507 e. The number of methoxy groups -OCH3 is 1. The number of ketones is 1. The maximum atomic E-state index is 13.0. The molecule has 1 saturated heterocycles. The number of hydrogen-bond acceptors (Lipinski definition) is 5. The van der Waals surface area contributed by atoms with Gasteiger partial charge in [0, 0.05) is 19.2 Å². The Labute approximate surface area is 199 Å². The molecule has 3 aromatic carbocycles. The lowest BCUT2D eigenvalue weighted by atomic mass is 9.95. The Morgan fingerprint density at radius 2 is 1.71 bits per heavy atom. The second-order valence-corrected chi connectivity index (χ2v) is 8.20. The van der Waals surface area contributed by atoms with Crippen molar-refractivity contribution in [2.75, 3.05) is 20.3 Å². The molecule has 6 nitrogen and oxygen atoms in total. The van der Waals surface area contributed by atoms with Crippen molar-refractivity contribution < 1.29 is 24.2 Å². The summed E-state index contributed by atoms with van der Waals surface area (Å²) in [4.78, 5) is 27.2. The van der Waals surface area contributed by atoms with Crippen molar-refractivity contribution in [2.24, 2.45) is 0 Å². The Morgan fingerprint density at radius 1 is 0.971 bits per heavy atom. The number of benzene rings is 3. The fourth-order valence-corrected chi connectivity index (χ4v) is 4.12. The highest BCUT2D eigenvalue weighted by atomic mass is 16.5. The molecule has 0 aliphatic carbocycles. The molecule has 1 heterocycles. The quantitative estimate of drug-likeness (QED) is 0.303. The number of ether oxygens (including phenoxy) is 2. The van der Waals surface area contributed by atoms with E-state index in [1.807, 2.05) is 55.5 Å². The molecule has 3 aromatic rings. The molecule has 6 heteroatoms. The van der Waals surface area contributed by atoms with E-state index in [1.165, 1.54) is 12.0 Å². The molecule has 0 bridgehead atoms. The predicted molar refractivity (Wildman–Crippen MR) is 129 cm³/mol. The molecule has 1 amide bonds. The number of Topliss-reactive ketones (excluding diaryl/α,β-unsaturated/α-hetero) is 1. The van der Waals surface area contributed by atoms with E-state index in [-0.39, 0.29) is 24.5 Å². The number of aliphatic hydroxyl groups excluding tert-OH is 1. The van der Waals surface area contributed by atoms with E-state index in [4.69, 9.17) is 9.47 Å². The van der Waals surface area contributed by atoms with E-state index in [1.54, 1.807) is 24.3 Å². The molecular weight excluding hydrogens is 430 g/mol. The van der Waals surface area contributed by atoms with Gasteiger partial charge in [0.15, 0.2) is 0 Å². The van der Waals surface area contributed by atoms with Crippen LogP contribution in [0.15, 0.2) is 84.4 Å². The van der Waals surface area contributed by atoms with E-state index < -0.39 is 17.7 Å². The van der Waals surface area contributed by atoms with Crippen LogP contribution in [-0.2, 0) is 20.9 Å². The number of carbonyl (C=O) groups excluding carboxylic acids is 2. The molecule has 0 radical (unpaired) electrons. The summed E-state index contributed by atoms with van der Waals surface area (Å²) in [5.41, 5.74) is 3.48. The van der Waals surface area contributed by atoms with E-state index >= 15 is 0 Å². The van der Waals surface area contributed by atoms with Crippen LogP contribution in [0.3, 0.4) is 0 Å². The van der Waals surface area contributed by atoms with Gasteiger partial charge < -0.3 is 19.5 Å². The number of amides is 1. The highest BCUT2D eigenvalue weighted by Gasteiger charge is 2.45. The molecule has 174 valence electrons. The van der Waals surface area contributed by atoms with E-state index in [0.29, 0.717) is 17.9 Å². The van der Waals surface area contributed by atoms with Gasteiger partial charge in [-0.05, 0) is 42.3 Å². The van der Waals surface area contributed by atoms with E-state index in [2.05, 4.69) is 6.07 Å². The van der Waals surface area contributed by atoms with Crippen LogP contribution < -0.4 is 4.74 Å². The minimum absolute atomic E-state index is 0.0701. The smallest absolute Gasteiger partial charge is 0.295 e. The van der Waals surface area contributed by atoms with Gasteiger partial charge in [-0.2, -0.15) is 0 Å². The zero-order valence-electron chi connectivity index (χ0n) is 19.2. The van der Waals surface area contributed by atoms with Crippen molar-refractivity contribution in [1.82, 2.24) is 4.90 Å². The Bertz CT molecular complexity index is 1200. The third-order valence-electron chi connectivity index (χ3n) is 5.81. The summed E-state index contributed by atoms with van der Waals surface area (Å²) >= 11 is 0. The summed E-state index contributed by atoms with van der Waals surface area (Å²) in [5, 5.41) is 11.1. The second kappa shape index (κ2) is 10.4. The van der Waals surface area contributed by atoms with Gasteiger partial charge in [0.25, 0.3) is 11.7 Å². The molecule has 1 aliphatic heterocycles. The second-order valence-electron chi connectivity index (χ2n) is 8.20. The number of carbonyl (C=O) groups is 2. The van der Waals surface area contributed by atoms with Crippen molar-refractivity contribution in [3.05, 3.63) is 107 Å². The third-order valence-corrected chi connectivity index (χ3v) is 5.81. The van der Waals surface area contributed by atoms with Gasteiger partial charge >= 0.3 is 0 Å². The first-order valence-corrected chi connectivity index (χ1v) is 11.1. The summed E-state index contributed by atoms with van der Waals surface area (Å²) in [6, 6.07) is 23.5. The highest BCUT2D eigenvalue weighted by Crippen LogP contribution is 2.39. The van der Waals surface area contributed by atoms with Crippen molar-refractivity contribution in [3.8, 4) is 5.75 Å². The average Bonchev–Trinajstić information content (AvgIpc) is 3.11. The number of aryl methyl sites for hydroxylation is 1. The number of aliphatic hydroxyl groups is 1. The van der Waals surface area contributed by atoms with Gasteiger partial charge in [-0.1, -0.05) is 60.2 Å². The monoisotopic (exact) mass is 457 g/mol. The van der Waals surface area contributed by atoms with E-state index in [0.717, 1.165) is 16.7 Å². The maximum Gasteiger partial charge on any atom is 0.295 e. The lowest BCUT2D eigenvalue weighted by Crippen LogP contribution is -2.32. The SMILES string of the molecule is COCCN1C(=O)C(=O)C(=C(O)c2ccc(OCc3cccc(C)c3)cc2)[C@H]1c1ccccc1. The van der Waals surface area contributed by atoms with Crippen LogP contribution in [0.25, 0.3) is 5.76 Å². The summed E-state index contributed by atoms with van der Waals surface area (Å²) in [6.07, 6.45) is 0. The molecule has 34 heavy (non-hydrogen) atoms. The lowest BCUT2D eigenvalue weighted by molar-refractivity contribution is -0.140. The predicted octanol–water partition coefficient (Wildman–Crippen LogP) is 4.64. The largest absolute Gasteiger partial charge is 0.507 e. The molecule has 1 fully saturated rings. The number of likely N-dealkylation sites (tertiary alicyclic amines) is 1. The van der Waals surface area contributed by atoms with Crippen LogP contribution in [-0.4, -0.2) is 42.0 Å². The Balaban J connectivity index is 1.62. The van der Waals surface area contributed by atoms with Gasteiger partial charge in [0.05, 0.1) is 18.2 Å². The highest BCUT2D eigenvalue weighted by molar-refractivity contribution is 6.46. The van der Waals surface area contributed by atoms with Gasteiger partial charge in [0.1, 0.15) is 18.1 Å². The van der Waals surface area contributed by atoms with Crippen molar-refractivity contribution >= 4 is 17.4 Å². The van der Waals surface area contributed by atoms with Crippen molar-refractivity contribution in [3.63, 3.8) is 0 Å². The molecule has 1 aliphatic rings. The zero-order chi connectivity index (χ0) is 24.1. The normalized spacial score (nSPS) is 17.2. The average molecular weight is 458 g/mol. The van der Waals surface area contributed by atoms with Gasteiger partial charge in [-0.15, -0.1) is 0 Å². The molecule has 1 N–H and O–H groups in total. The molecule has 0 unspecified atom stereocenters. The van der Waals surface area contributed by atoms with E-state index in [9.17, 15) is 14.7 Å². The zero-order valence-corrected chi connectivity index (χ0v) is 19.2. The summed E-state index contributed by atoms with van der Waals surface area (Å²) in [6.45, 7) is 2.97. The first kappa shape index (κ1) is 23.3. The topological polar surface area (TPSA) is 76.1 Å². The Kier molecular flexibility index (Phi) is 7.09. The molecule has 4 rings (SSSR count). The van der Waals surface area contributed by atoms with Crippen LogP contribution >= 0.6 is 0 Å². The first-order valence-electron chi connectivity index (χ1n) is 11.1. The number of nitrogens with zero attached hydrogens (tertiary/aromatic N) is 1. The van der Waals surface area contributed by atoms with Gasteiger partial charge in [-0.25, -0.2) is 0 Å². The Morgan fingerprint density at radius 3 is 2.38 bits per heavy atom. The first-order chi connectivity index (χ1) is 16.5. The van der Waals surface area contributed by atoms with Crippen molar-refractivity contribution in [1.29, 1.82) is 0 Å². The standard InChI is InChI=1S/C28H27NO5/c1-19-7-6-8-20(17-19)18-34-23-13-11-22(12-14-23)26(30)24-25(21-9-4-3-5-10-21)29(15-16-33-2)28(32)27(24)31/h3-14,17,25,30H,15-16,18H2,1-2H3/t25-/m1/s1. The molecule has 0 aromatic heterocycles. The van der Waals surface area contributed by atoms with Gasteiger partial charge in [-0.3, -0.25) is 9.59 Å². The summed E-state index contributed by atoms with van der Waals surface area (Å²) in [5.74, 6) is -0.927. The maximum absolute atomic E-state index is 13.0. The summed E-state index contributed by atoms with van der Waals surface area (Å²) < 4.78 is 11.0. The lowest BCUT2D eigenvalue weighted by Gasteiger charge is -2.25. The summed E-state index contributed by atoms with van der Waals surface area (Å²) in [7, 11) is 1.54. The van der Waals surface area contributed by atoms with Crippen LogP contribution in [0.5, 0.6) is 5.75 Å². The van der Waals surface area contributed by atoms with Crippen molar-refractivity contribution in [2.45, 2.75) is 19.6 Å². The molecule has 0 spiro atoms. The third kappa shape index (κ3) is 4.87. The van der Waals surface area contributed by atoms with Crippen LogP contribution in [0.1, 0.15) is 28.3 Å². The molecular formula is C28H27NO5. The Hall–Kier alpha value is -3.90. The van der Waals surface area contributed by atoms with Crippen LogP contribution in [0, 0.1) is 6.92 Å². The minimum atomic E-state index is -0.706. The fraction of sp³-hybridized carbons (Fsp3) is 0.214. The van der Waals surface area contributed by atoms with Gasteiger partial charge in [0.2, 0.25) is 0 Å². The molecule has 1 atom stereocenters.